The van der Waals surface area contributed by atoms with Crippen molar-refractivity contribution in [1.29, 1.82) is 0 Å². The Hall–Kier alpha value is -3.15. The second kappa shape index (κ2) is 6.74. The zero-order valence-corrected chi connectivity index (χ0v) is 12.6. The quantitative estimate of drug-likeness (QED) is 0.561. The Morgan fingerprint density at radius 2 is 2.17 bits per heavy atom. The number of hydrogen-bond donors (Lipinski definition) is 2. The molecule has 2 aromatic heterocycles. The number of benzene rings is 1. The molecule has 2 N–H and O–H groups in total. The molecule has 0 aliphatic carbocycles. The number of aromatic nitrogens is 2. The summed E-state index contributed by atoms with van der Waals surface area (Å²) in [5.41, 5.74) is 5.51. The van der Waals surface area contributed by atoms with Gasteiger partial charge in [0.15, 0.2) is 11.5 Å². The Labute approximate surface area is 133 Å². The zero-order chi connectivity index (χ0) is 16.1. The lowest BCUT2D eigenvalue weighted by molar-refractivity contribution is 0.0950. The molecule has 116 valence electrons. The SMILES string of the molecule is CCc1ccc(C=NNC(=O)c2cc(-c3ccco3)[nH]n2)cc1. The number of carbonyl (C=O) groups is 1. The topological polar surface area (TPSA) is 83.3 Å². The maximum Gasteiger partial charge on any atom is 0.291 e. The van der Waals surface area contributed by atoms with E-state index in [1.165, 1.54) is 5.56 Å². The number of H-pyrrole nitrogens is 1. The van der Waals surface area contributed by atoms with Crippen molar-refractivity contribution in [3.8, 4) is 11.5 Å². The van der Waals surface area contributed by atoms with Gasteiger partial charge in [-0.25, -0.2) is 5.43 Å². The maximum atomic E-state index is 12.0. The summed E-state index contributed by atoms with van der Waals surface area (Å²) in [6, 6.07) is 13.1. The largest absolute Gasteiger partial charge is 0.463 e. The minimum atomic E-state index is -0.388. The van der Waals surface area contributed by atoms with Crippen LogP contribution in [0.1, 0.15) is 28.5 Å². The highest BCUT2D eigenvalue weighted by molar-refractivity contribution is 5.93. The third kappa shape index (κ3) is 3.55. The van der Waals surface area contributed by atoms with Crippen molar-refractivity contribution in [2.75, 3.05) is 0 Å². The van der Waals surface area contributed by atoms with Crippen LogP contribution in [-0.2, 0) is 6.42 Å². The highest BCUT2D eigenvalue weighted by Crippen LogP contribution is 2.17. The van der Waals surface area contributed by atoms with E-state index in [4.69, 9.17) is 4.42 Å². The molecule has 0 aliphatic heterocycles. The molecule has 3 aromatic rings. The molecular weight excluding hydrogens is 292 g/mol. The van der Waals surface area contributed by atoms with Crippen molar-refractivity contribution in [2.45, 2.75) is 13.3 Å². The van der Waals surface area contributed by atoms with Gasteiger partial charge in [0.2, 0.25) is 0 Å². The molecule has 0 unspecified atom stereocenters. The van der Waals surface area contributed by atoms with Crippen LogP contribution < -0.4 is 5.43 Å². The molecule has 0 spiro atoms. The number of hydrazone groups is 1. The molecule has 0 radical (unpaired) electrons. The Kier molecular flexibility index (Phi) is 4.33. The first-order chi connectivity index (χ1) is 11.3. The standard InChI is InChI=1S/C17H16N4O2/c1-2-12-5-7-13(8-6-12)11-18-21-17(22)15-10-14(19-20-15)16-4-3-9-23-16/h3-11H,2H2,1H3,(H,19,20)(H,21,22). The van der Waals surface area contributed by atoms with E-state index in [-0.39, 0.29) is 11.6 Å². The molecule has 6 heteroatoms. The Morgan fingerprint density at radius 3 is 2.87 bits per heavy atom. The molecule has 0 bridgehead atoms. The van der Waals surface area contributed by atoms with E-state index in [9.17, 15) is 4.79 Å². The van der Waals surface area contributed by atoms with Crippen LogP contribution >= 0.6 is 0 Å². The fraction of sp³-hybridized carbons (Fsp3) is 0.118. The lowest BCUT2D eigenvalue weighted by Gasteiger charge is -1.97. The Bertz CT molecular complexity index is 802. The van der Waals surface area contributed by atoms with Crippen LogP contribution in [-0.4, -0.2) is 22.3 Å². The summed E-state index contributed by atoms with van der Waals surface area (Å²) in [6.07, 6.45) is 4.15. The molecular formula is C17H16N4O2. The van der Waals surface area contributed by atoms with Crippen molar-refractivity contribution in [1.82, 2.24) is 15.6 Å². The molecule has 1 amide bonds. The summed E-state index contributed by atoms with van der Waals surface area (Å²) in [5, 5.41) is 10.6. The molecule has 0 aliphatic rings. The van der Waals surface area contributed by atoms with Crippen LogP contribution in [0.25, 0.3) is 11.5 Å². The molecule has 1 aromatic carbocycles. The number of nitrogens with zero attached hydrogens (tertiary/aromatic N) is 2. The van der Waals surface area contributed by atoms with E-state index in [0.717, 1.165) is 12.0 Å². The number of nitrogens with one attached hydrogen (secondary N) is 2. The van der Waals surface area contributed by atoms with Gasteiger partial charge in [-0.05, 0) is 29.7 Å². The van der Waals surface area contributed by atoms with E-state index in [1.54, 1.807) is 30.7 Å². The highest BCUT2D eigenvalue weighted by atomic mass is 16.3. The first-order valence-electron chi connectivity index (χ1n) is 7.28. The number of furan rings is 1. The van der Waals surface area contributed by atoms with Crippen molar-refractivity contribution in [3.63, 3.8) is 0 Å². The number of carbonyl (C=O) groups excluding carboxylic acids is 1. The Morgan fingerprint density at radius 1 is 1.35 bits per heavy atom. The van der Waals surface area contributed by atoms with Gasteiger partial charge in [0.25, 0.3) is 5.91 Å². The average Bonchev–Trinajstić information content (AvgIpc) is 3.26. The van der Waals surface area contributed by atoms with Crippen LogP contribution in [0, 0.1) is 0 Å². The van der Waals surface area contributed by atoms with Gasteiger partial charge in [-0.15, -0.1) is 0 Å². The van der Waals surface area contributed by atoms with Crippen LogP contribution in [0.3, 0.4) is 0 Å². The predicted octanol–water partition coefficient (Wildman–Crippen LogP) is 3.00. The van der Waals surface area contributed by atoms with E-state index in [2.05, 4.69) is 27.6 Å². The number of hydrogen-bond acceptors (Lipinski definition) is 4. The molecule has 0 fully saturated rings. The van der Waals surface area contributed by atoms with Gasteiger partial charge < -0.3 is 4.42 Å². The summed E-state index contributed by atoms with van der Waals surface area (Å²) in [5.74, 6) is 0.233. The lowest BCUT2D eigenvalue weighted by atomic mass is 10.1. The van der Waals surface area contributed by atoms with E-state index >= 15 is 0 Å². The van der Waals surface area contributed by atoms with E-state index in [0.29, 0.717) is 11.5 Å². The van der Waals surface area contributed by atoms with Gasteiger partial charge >= 0.3 is 0 Å². The summed E-state index contributed by atoms with van der Waals surface area (Å²) in [7, 11) is 0. The molecule has 2 heterocycles. The van der Waals surface area contributed by atoms with Crippen molar-refractivity contribution in [3.05, 3.63) is 65.5 Å². The van der Waals surface area contributed by atoms with E-state index in [1.807, 2.05) is 24.3 Å². The van der Waals surface area contributed by atoms with Crippen LogP contribution in [0.15, 0.2) is 58.2 Å². The molecule has 23 heavy (non-hydrogen) atoms. The first-order valence-corrected chi connectivity index (χ1v) is 7.28. The van der Waals surface area contributed by atoms with Gasteiger partial charge in [-0.2, -0.15) is 10.2 Å². The molecule has 0 saturated carbocycles. The average molecular weight is 308 g/mol. The van der Waals surface area contributed by atoms with Gasteiger partial charge in [-0.3, -0.25) is 9.89 Å². The molecule has 6 nitrogen and oxygen atoms in total. The summed E-state index contributed by atoms with van der Waals surface area (Å²) in [6.45, 7) is 2.10. The van der Waals surface area contributed by atoms with Gasteiger partial charge in [-0.1, -0.05) is 31.2 Å². The summed E-state index contributed by atoms with van der Waals surface area (Å²) >= 11 is 0. The van der Waals surface area contributed by atoms with E-state index < -0.39 is 0 Å². The Balaban J connectivity index is 1.61. The lowest BCUT2D eigenvalue weighted by Crippen LogP contribution is -2.17. The van der Waals surface area contributed by atoms with Crippen molar-refractivity contribution in [2.24, 2.45) is 5.10 Å². The second-order valence-corrected chi connectivity index (χ2v) is 4.94. The van der Waals surface area contributed by atoms with Gasteiger partial charge in [0.1, 0.15) is 5.69 Å². The monoisotopic (exact) mass is 308 g/mol. The van der Waals surface area contributed by atoms with Crippen LogP contribution in [0.2, 0.25) is 0 Å². The van der Waals surface area contributed by atoms with Gasteiger partial charge in [0, 0.05) is 6.07 Å². The third-order valence-electron chi connectivity index (χ3n) is 3.36. The maximum absolute atomic E-state index is 12.0. The minimum Gasteiger partial charge on any atom is -0.463 e. The number of amides is 1. The van der Waals surface area contributed by atoms with Crippen molar-refractivity contribution >= 4 is 12.1 Å². The molecule has 0 saturated heterocycles. The van der Waals surface area contributed by atoms with Crippen LogP contribution in [0.5, 0.6) is 0 Å². The third-order valence-corrected chi connectivity index (χ3v) is 3.36. The summed E-state index contributed by atoms with van der Waals surface area (Å²) in [4.78, 5) is 12.0. The normalized spacial score (nSPS) is 11.0. The zero-order valence-electron chi connectivity index (χ0n) is 12.6. The second-order valence-electron chi connectivity index (χ2n) is 4.94. The molecule has 3 rings (SSSR count). The van der Waals surface area contributed by atoms with Crippen molar-refractivity contribution < 1.29 is 9.21 Å². The smallest absolute Gasteiger partial charge is 0.291 e. The summed E-state index contributed by atoms with van der Waals surface area (Å²) < 4.78 is 5.24. The van der Waals surface area contributed by atoms with Gasteiger partial charge in [0.05, 0.1) is 12.5 Å². The minimum absolute atomic E-state index is 0.245. The number of aromatic amines is 1. The van der Waals surface area contributed by atoms with Crippen LogP contribution in [0.4, 0.5) is 0 Å². The predicted molar refractivity (Wildman–Crippen MR) is 87.2 cm³/mol. The number of rotatable bonds is 5. The number of aryl methyl sites for hydroxylation is 1. The molecule has 0 atom stereocenters. The highest BCUT2D eigenvalue weighted by Gasteiger charge is 2.11. The fourth-order valence-corrected chi connectivity index (χ4v) is 2.06. The first kappa shape index (κ1) is 14.8. The fourth-order valence-electron chi connectivity index (χ4n) is 2.06.